The molecule has 0 bridgehead atoms. The zero-order chi connectivity index (χ0) is 12.3. The molecular formula is C13H24N2O2. The minimum Gasteiger partial charge on any atom is -0.396 e. The number of hydrogen-bond donors (Lipinski definition) is 1. The van der Waals surface area contributed by atoms with Crippen LogP contribution in [0.15, 0.2) is 0 Å². The third-order valence-electron chi connectivity index (χ3n) is 4.00. The first-order chi connectivity index (χ1) is 8.20. The first-order valence-corrected chi connectivity index (χ1v) is 6.83. The average molecular weight is 240 g/mol. The van der Waals surface area contributed by atoms with Gasteiger partial charge >= 0.3 is 0 Å². The molecular weight excluding hydrogens is 216 g/mol. The molecule has 0 saturated carbocycles. The maximum absolute atomic E-state index is 11.8. The summed E-state index contributed by atoms with van der Waals surface area (Å²) in [6.07, 6.45) is 4.46. The minimum absolute atomic E-state index is 0.138. The van der Waals surface area contributed by atoms with Gasteiger partial charge in [-0.25, -0.2) is 0 Å². The zero-order valence-corrected chi connectivity index (χ0v) is 10.8. The van der Waals surface area contributed by atoms with E-state index in [9.17, 15) is 4.79 Å². The predicted octanol–water partition coefficient (Wildman–Crippen LogP) is 0.702. The summed E-state index contributed by atoms with van der Waals surface area (Å²) < 4.78 is 0. The smallest absolute Gasteiger partial charge is 0.223 e. The van der Waals surface area contributed by atoms with Crippen LogP contribution < -0.4 is 0 Å². The van der Waals surface area contributed by atoms with Gasteiger partial charge in [0.05, 0.1) is 0 Å². The summed E-state index contributed by atoms with van der Waals surface area (Å²) in [5, 5.41) is 9.12. The molecule has 0 aromatic rings. The largest absolute Gasteiger partial charge is 0.396 e. The molecule has 4 heteroatoms. The van der Waals surface area contributed by atoms with Gasteiger partial charge in [-0.2, -0.15) is 0 Å². The number of aliphatic hydroxyl groups is 1. The third kappa shape index (κ3) is 3.19. The topological polar surface area (TPSA) is 43.8 Å². The lowest BCUT2D eigenvalue weighted by Gasteiger charge is -2.33. The molecule has 4 nitrogen and oxygen atoms in total. The number of likely N-dealkylation sites (tertiary alicyclic amines) is 2. The van der Waals surface area contributed by atoms with E-state index in [1.54, 1.807) is 0 Å². The Bertz CT molecular complexity index is 264. The van der Waals surface area contributed by atoms with Crippen molar-refractivity contribution in [2.24, 2.45) is 5.92 Å². The maximum Gasteiger partial charge on any atom is 0.223 e. The van der Waals surface area contributed by atoms with Gasteiger partial charge in [0.25, 0.3) is 0 Å². The van der Waals surface area contributed by atoms with Crippen LogP contribution >= 0.6 is 0 Å². The Morgan fingerprint density at radius 2 is 2.06 bits per heavy atom. The van der Waals surface area contributed by atoms with Crippen molar-refractivity contribution in [1.82, 2.24) is 9.80 Å². The molecule has 98 valence electrons. The highest BCUT2D eigenvalue weighted by molar-refractivity contribution is 5.79. The van der Waals surface area contributed by atoms with E-state index >= 15 is 0 Å². The average Bonchev–Trinajstić information content (AvgIpc) is 2.72. The number of hydrogen-bond acceptors (Lipinski definition) is 3. The Labute approximate surface area is 104 Å². The van der Waals surface area contributed by atoms with Crippen LogP contribution in [-0.4, -0.2) is 59.6 Å². The number of amides is 1. The summed E-state index contributed by atoms with van der Waals surface area (Å²) in [7, 11) is 0. The van der Waals surface area contributed by atoms with Gasteiger partial charge in [0.1, 0.15) is 0 Å². The van der Waals surface area contributed by atoms with E-state index in [-0.39, 0.29) is 24.5 Å². The van der Waals surface area contributed by atoms with Crippen molar-refractivity contribution >= 4 is 5.91 Å². The molecule has 2 rings (SSSR count). The number of piperidine rings is 1. The summed E-state index contributed by atoms with van der Waals surface area (Å²) in [4.78, 5) is 16.2. The van der Waals surface area contributed by atoms with Crippen molar-refractivity contribution < 1.29 is 9.90 Å². The fourth-order valence-corrected chi connectivity index (χ4v) is 2.97. The molecule has 0 aromatic carbocycles. The van der Waals surface area contributed by atoms with E-state index < -0.39 is 0 Å². The van der Waals surface area contributed by atoms with Crippen LogP contribution in [0.25, 0.3) is 0 Å². The normalized spacial score (nSPS) is 28.7. The van der Waals surface area contributed by atoms with E-state index in [4.69, 9.17) is 5.11 Å². The third-order valence-corrected chi connectivity index (χ3v) is 4.00. The Morgan fingerprint density at radius 1 is 1.35 bits per heavy atom. The van der Waals surface area contributed by atoms with Crippen LogP contribution in [0.3, 0.4) is 0 Å². The second-order valence-corrected chi connectivity index (χ2v) is 5.51. The van der Waals surface area contributed by atoms with Crippen LogP contribution in [-0.2, 0) is 4.79 Å². The maximum atomic E-state index is 11.8. The van der Waals surface area contributed by atoms with Crippen molar-refractivity contribution in [1.29, 1.82) is 0 Å². The van der Waals surface area contributed by atoms with E-state index in [1.165, 1.54) is 32.4 Å². The molecule has 2 atom stereocenters. The van der Waals surface area contributed by atoms with E-state index in [0.29, 0.717) is 6.42 Å². The molecule has 2 fully saturated rings. The highest BCUT2D eigenvalue weighted by Gasteiger charge is 2.32. The highest BCUT2D eigenvalue weighted by atomic mass is 16.3. The standard InChI is InChI=1S/C13H24N2O2/c1-11(8-14-5-3-2-4-6-14)15-9-12(10-16)7-13(15)17/h11-12,16H,2-10H2,1H3. The van der Waals surface area contributed by atoms with Gasteiger partial charge < -0.3 is 14.9 Å². The molecule has 1 amide bonds. The lowest BCUT2D eigenvalue weighted by molar-refractivity contribution is -0.129. The van der Waals surface area contributed by atoms with Gasteiger partial charge in [-0.1, -0.05) is 6.42 Å². The molecule has 0 aliphatic carbocycles. The van der Waals surface area contributed by atoms with Gasteiger partial charge in [0.2, 0.25) is 5.91 Å². The number of carbonyl (C=O) groups is 1. The van der Waals surface area contributed by atoms with Crippen molar-refractivity contribution in [3.63, 3.8) is 0 Å². The Morgan fingerprint density at radius 3 is 2.65 bits per heavy atom. The molecule has 0 aromatic heterocycles. The van der Waals surface area contributed by atoms with Gasteiger partial charge in [-0.3, -0.25) is 4.79 Å². The van der Waals surface area contributed by atoms with Gasteiger partial charge in [0, 0.05) is 38.1 Å². The number of aliphatic hydroxyl groups excluding tert-OH is 1. The molecule has 2 aliphatic heterocycles. The molecule has 2 saturated heterocycles. The summed E-state index contributed by atoms with van der Waals surface area (Å²) in [5.74, 6) is 0.375. The molecule has 17 heavy (non-hydrogen) atoms. The fraction of sp³-hybridized carbons (Fsp3) is 0.923. The summed E-state index contributed by atoms with van der Waals surface area (Å²) in [6.45, 7) is 6.35. The first-order valence-electron chi connectivity index (χ1n) is 6.83. The van der Waals surface area contributed by atoms with E-state index in [1.807, 2.05) is 4.90 Å². The highest BCUT2D eigenvalue weighted by Crippen LogP contribution is 2.20. The lowest BCUT2D eigenvalue weighted by atomic mass is 10.1. The van der Waals surface area contributed by atoms with Crippen LogP contribution in [0.5, 0.6) is 0 Å². The van der Waals surface area contributed by atoms with Gasteiger partial charge in [-0.05, 0) is 32.9 Å². The van der Waals surface area contributed by atoms with Crippen molar-refractivity contribution in [3.05, 3.63) is 0 Å². The molecule has 0 spiro atoms. The second-order valence-electron chi connectivity index (χ2n) is 5.51. The molecule has 1 N–H and O–H groups in total. The first kappa shape index (κ1) is 12.8. The zero-order valence-electron chi connectivity index (χ0n) is 10.8. The predicted molar refractivity (Wildman–Crippen MR) is 66.7 cm³/mol. The van der Waals surface area contributed by atoms with E-state index in [0.717, 1.165) is 13.1 Å². The SMILES string of the molecule is CC(CN1CCCCC1)N1CC(CO)CC1=O. The Kier molecular flexibility index (Phi) is 4.40. The molecule has 2 unspecified atom stereocenters. The number of carbonyl (C=O) groups excluding carboxylic acids is 1. The minimum atomic E-state index is 0.138. The quantitative estimate of drug-likeness (QED) is 0.787. The van der Waals surface area contributed by atoms with Crippen LogP contribution in [0.2, 0.25) is 0 Å². The van der Waals surface area contributed by atoms with Gasteiger partial charge in [0.15, 0.2) is 0 Å². The molecule has 0 radical (unpaired) electrons. The lowest BCUT2D eigenvalue weighted by Crippen LogP contribution is -2.44. The van der Waals surface area contributed by atoms with Crippen LogP contribution in [0.1, 0.15) is 32.6 Å². The number of rotatable bonds is 4. The molecule has 2 heterocycles. The Hall–Kier alpha value is -0.610. The summed E-state index contributed by atoms with van der Waals surface area (Å²) >= 11 is 0. The fourth-order valence-electron chi connectivity index (χ4n) is 2.97. The monoisotopic (exact) mass is 240 g/mol. The van der Waals surface area contributed by atoms with Crippen molar-refractivity contribution in [2.75, 3.05) is 32.8 Å². The summed E-state index contributed by atoms with van der Waals surface area (Å²) in [6, 6.07) is 0.289. The Balaban J connectivity index is 1.82. The van der Waals surface area contributed by atoms with Gasteiger partial charge in [-0.15, -0.1) is 0 Å². The van der Waals surface area contributed by atoms with Crippen molar-refractivity contribution in [2.45, 2.75) is 38.6 Å². The number of nitrogens with zero attached hydrogens (tertiary/aromatic N) is 2. The second kappa shape index (κ2) is 5.83. The van der Waals surface area contributed by atoms with E-state index in [2.05, 4.69) is 11.8 Å². The summed E-state index contributed by atoms with van der Waals surface area (Å²) in [5.41, 5.74) is 0. The van der Waals surface area contributed by atoms with Crippen LogP contribution in [0, 0.1) is 5.92 Å². The van der Waals surface area contributed by atoms with Crippen molar-refractivity contribution in [3.8, 4) is 0 Å². The van der Waals surface area contributed by atoms with Crippen LogP contribution in [0.4, 0.5) is 0 Å². The molecule has 2 aliphatic rings.